The van der Waals surface area contributed by atoms with Gasteiger partial charge in [0.05, 0.1) is 30.6 Å². The van der Waals surface area contributed by atoms with Crippen LogP contribution in [0.25, 0.3) is 0 Å². The van der Waals surface area contributed by atoms with Crippen LogP contribution >= 0.6 is 0 Å². The van der Waals surface area contributed by atoms with E-state index in [1.807, 2.05) is 6.07 Å². The number of benzene rings is 2. The van der Waals surface area contributed by atoms with Crippen molar-refractivity contribution in [1.29, 1.82) is 0 Å². The Bertz CT molecular complexity index is 866. The Kier molecular flexibility index (Phi) is 4.11. The summed E-state index contributed by atoms with van der Waals surface area (Å²) in [6.07, 6.45) is 1.77. The van der Waals surface area contributed by atoms with Gasteiger partial charge >= 0.3 is 5.97 Å². The molecule has 1 amide bonds. The van der Waals surface area contributed by atoms with Crippen LogP contribution in [0.15, 0.2) is 42.5 Å². The van der Waals surface area contributed by atoms with Crippen LogP contribution in [-0.2, 0) is 16.1 Å². The standard InChI is InChI=1S/C20H19FN2O3/c1-26-20(25)14-6-9-16-18(11-14)23(12-13-4-7-15(21)8-5-13)19(24)17-3-2-10-22(16)17/h4-9,11,17H,2-3,10,12H2,1H3/t17-/m1/s1. The number of nitrogens with zero attached hydrogens (tertiary/aromatic N) is 2. The average Bonchev–Trinajstić information content (AvgIpc) is 3.15. The molecule has 1 fully saturated rings. The highest BCUT2D eigenvalue weighted by Crippen LogP contribution is 2.41. The van der Waals surface area contributed by atoms with Crippen molar-refractivity contribution in [2.45, 2.75) is 25.4 Å². The summed E-state index contributed by atoms with van der Waals surface area (Å²) in [5.74, 6) is -0.735. The zero-order chi connectivity index (χ0) is 18.3. The number of methoxy groups -OCH3 is 1. The van der Waals surface area contributed by atoms with E-state index in [9.17, 15) is 14.0 Å². The molecule has 2 aliphatic heterocycles. The third-order valence-corrected chi connectivity index (χ3v) is 5.05. The van der Waals surface area contributed by atoms with Crippen molar-refractivity contribution >= 4 is 23.3 Å². The maximum atomic E-state index is 13.2. The first-order valence-electron chi connectivity index (χ1n) is 8.63. The van der Waals surface area contributed by atoms with Crippen LogP contribution in [0.5, 0.6) is 0 Å². The van der Waals surface area contributed by atoms with E-state index in [2.05, 4.69) is 4.90 Å². The summed E-state index contributed by atoms with van der Waals surface area (Å²) in [5, 5.41) is 0. The van der Waals surface area contributed by atoms with E-state index >= 15 is 0 Å². The first-order chi connectivity index (χ1) is 12.6. The third kappa shape index (κ3) is 2.71. The van der Waals surface area contributed by atoms with E-state index in [4.69, 9.17) is 4.74 Å². The molecule has 4 rings (SSSR count). The fourth-order valence-corrected chi connectivity index (χ4v) is 3.77. The van der Waals surface area contributed by atoms with E-state index in [1.165, 1.54) is 19.2 Å². The number of esters is 1. The lowest BCUT2D eigenvalue weighted by molar-refractivity contribution is -0.120. The van der Waals surface area contributed by atoms with Gasteiger partial charge in [0.15, 0.2) is 0 Å². The molecule has 0 N–H and O–H groups in total. The van der Waals surface area contributed by atoms with Gasteiger partial charge in [-0.3, -0.25) is 4.79 Å². The van der Waals surface area contributed by atoms with Crippen molar-refractivity contribution < 1.29 is 18.7 Å². The largest absolute Gasteiger partial charge is 0.465 e. The molecular weight excluding hydrogens is 335 g/mol. The highest BCUT2D eigenvalue weighted by atomic mass is 19.1. The van der Waals surface area contributed by atoms with E-state index in [1.54, 1.807) is 29.2 Å². The molecule has 0 saturated carbocycles. The molecule has 0 unspecified atom stereocenters. The average molecular weight is 354 g/mol. The van der Waals surface area contributed by atoms with Crippen LogP contribution in [0, 0.1) is 5.82 Å². The van der Waals surface area contributed by atoms with Gasteiger partial charge in [0, 0.05) is 6.54 Å². The van der Waals surface area contributed by atoms with E-state index in [-0.39, 0.29) is 17.8 Å². The zero-order valence-electron chi connectivity index (χ0n) is 14.4. The van der Waals surface area contributed by atoms with Crippen LogP contribution in [0.2, 0.25) is 0 Å². The van der Waals surface area contributed by atoms with Gasteiger partial charge in [-0.05, 0) is 48.7 Å². The maximum absolute atomic E-state index is 13.2. The molecule has 0 bridgehead atoms. The summed E-state index contributed by atoms with van der Waals surface area (Å²) in [6.45, 7) is 1.16. The van der Waals surface area contributed by atoms with Crippen LogP contribution in [0.4, 0.5) is 15.8 Å². The Morgan fingerprint density at radius 1 is 1.19 bits per heavy atom. The number of rotatable bonds is 3. The Hall–Kier alpha value is -2.89. The van der Waals surface area contributed by atoms with Crippen molar-refractivity contribution in [2.24, 2.45) is 0 Å². The molecule has 2 heterocycles. The molecule has 2 aromatic rings. The minimum absolute atomic E-state index is 0.0151. The number of amides is 1. The summed E-state index contributed by atoms with van der Waals surface area (Å²) in [6, 6.07) is 11.3. The lowest BCUT2D eigenvalue weighted by atomic mass is 10.0. The monoisotopic (exact) mass is 354 g/mol. The van der Waals surface area contributed by atoms with Crippen LogP contribution in [-0.4, -0.2) is 31.6 Å². The number of ether oxygens (including phenoxy) is 1. The number of anilines is 2. The molecule has 134 valence electrons. The SMILES string of the molecule is COC(=O)c1ccc2c(c1)N(Cc1ccc(F)cc1)C(=O)[C@H]1CCCN21. The van der Waals surface area contributed by atoms with Crippen LogP contribution in [0.3, 0.4) is 0 Å². The first-order valence-corrected chi connectivity index (χ1v) is 8.63. The van der Waals surface area contributed by atoms with Gasteiger partial charge in [-0.1, -0.05) is 12.1 Å². The molecule has 5 nitrogen and oxygen atoms in total. The molecule has 1 saturated heterocycles. The summed E-state index contributed by atoms with van der Waals surface area (Å²) < 4.78 is 18.0. The minimum Gasteiger partial charge on any atom is -0.465 e. The first kappa shape index (κ1) is 16.6. The normalized spacial score (nSPS) is 18.5. The van der Waals surface area contributed by atoms with Crippen molar-refractivity contribution in [3.05, 3.63) is 59.4 Å². The molecule has 6 heteroatoms. The number of carbonyl (C=O) groups is 2. The highest BCUT2D eigenvalue weighted by molar-refractivity contribution is 6.07. The quantitative estimate of drug-likeness (QED) is 0.795. The lowest BCUT2D eigenvalue weighted by Gasteiger charge is -2.39. The topological polar surface area (TPSA) is 49.9 Å². The molecule has 0 radical (unpaired) electrons. The Morgan fingerprint density at radius 2 is 1.96 bits per heavy atom. The maximum Gasteiger partial charge on any atom is 0.337 e. The number of hydrogen-bond donors (Lipinski definition) is 0. The van der Waals surface area contributed by atoms with Gasteiger partial charge in [-0.2, -0.15) is 0 Å². The fraction of sp³-hybridized carbons (Fsp3) is 0.300. The predicted octanol–water partition coefficient (Wildman–Crippen LogP) is 3.13. The third-order valence-electron chi connectivity index (χ3n) is 5.05. The van der Waals surface area contributed by atoms with Gasteiger partial charge in [0.2, 0.25) is 5.91 Å². The number of carbonyl (C=O) groups excluding carboxylic acids is 2. The van der Waals surface area contributed by atoms with Gasteiger partial charge in [0.25, 0.3) is 0 Å². The van der Waals surface area contributed by atoms with E-state index in [0.29, 0.717) is 17.8 Å². The second-order valence-electron chi connectivity index (χ2n) is 6.60. The Labute approximate surface area is 151 Å². The molecule has 1 atom stereocenters. The van der Waals surface area contributed by atoms with E-state index < -0.39 is 5.97 Å². The second kappa shape index (κ2) is 6.44. The highest BCUT2D eigenvalue weighted by Gasteiger charge is 2.41. The smallest absolute Gasteiger partial charge is 0.337 e. The zero-order valence-corrected chi connectivity index (χ0v) is 14.4. The number of halogens is 1. The molecular formula is C20H19FN2O3. The molecule has 26 heavy (non-hydrogen) atoms. The van der Waals surface area contributed by atoms with E-state index in [0.717, 1.165) is 30.6 Å². The van der Waals surface area contributed by atoms with Crippen molar-refractivity contribution in [3.63, 3.8) is 0 Å². The second-order valence-corrected chi connectivity index (χ2v) is 6.60. The summed E-state index contributed by atoms with van der Waals surface area (Å²) in [7, 11) is 1.33. The molecule has 0 aliphatic carbocycles. The molecule has 2 aromatic carbocycles. The van der Waals surface area contributed by atoms with Gasteiger partial charge < -0.3 is 14.5 Å². The van der Waals surface area contributed by atoms with Crippen LogP contribution in [0.1, 0.15) is 28.8 Å². The van der Waals surface area contributed by atoms with Crippen LogP contribution < -0.4 is 9.80 Å². The summed E-state index contributed by atoms with van der Waals surface area (Å²) in [4.78, 5) is 28.8. The number of hydrogen-bond acceptors (Lipinski definition) is 4. The van der Waals surface area contributed by atoms with Crippen molar-refractivity contribution in [3.8, 4) is 0 Å². The molecule has 0 spiro atoms. The van der Waals surface area contributed by atoms with Gasteiger partial charge in [-0.25, -0.2) is 9.18 Å². The van der Waals surface area contributed by atoms with Gasteiger partial charge in [-0.15, -0.1) is 0 Å². The Balaban J connectivity index is 1.77. The summed E-state index contributed by atoms with van der Waals surface area (Å²) in [5.41, 5.74) is 2.88. The van der Waals surface area contributed by atoms with Crippen molar-refractivity contribution in [1.82, 2.24) is 0 Å². The predicted molar refractivity (Wildman–Crippen MR) is 95.7 cm³/mol. The lowest BCUT2D eigenvalue weighted by Crippen LogP contribution is -2.50. The Morgan fingerprint density at radius 3 is 2.69 bits per heavy atom. The summed E-state index contributed by atoms with van der Waals surface area (Å²) >= 11 is 0. The molecule has 2 aliphatic rings. The molecule has 0 aromatic heterocycles. The fourth-order valence-electron chi connectivity index (χ4n) is 3.77. The minimum atomic E-state index is -0.439. The van der Waals surface area contributed by atoms with Gasteiger partial charge in [0.1, 0.15) is 11.9 Å². The number of fused-ring (bicyclic) bond motifs is 3. The van der Waals surface area contributed by atoms with Crippen molar-refractivity contribution in [2.75, 3.05) is 23.5 Å².